The Balaban J connectivity index is 1.72. The fourth-order valence-electron chi connectivity index (χ4n) is 2.95. The normalized spacial score (nSPS) is 15.5. The Bertz CT molecular complexity index is 808. The lowest BCUT2D eigenvalue weighted by atomic mass is 9.98. The first-order valence-electron chi connectivity index (χ1n) is 6.90. The first-order valence-corrected chi connectivity index (χ1v) is 6.90. The first-order chi connectivity index (χ1) is 10.3. The molecule has 4 heteroatoms. The minimum absolute atomic E-state index is 0.00760. The van der Waals surface area contributed by atoms with Crippen LogP contribution in [0.2, 0.25) is 0 Å². The number of fused-ring (bicyclic) bond motifs is 3. The van der Waals surface area contributed by atoms with E-state index >= 15 is 0 Å². The van der Waals surface area contributed by atoms with E-state index in [1.807, 2.05) is 30.5 Å². The monoisotopic (exact) mass is 275 g/mol. The molecule has 0 saturated heterocycles. The number of nitrogens with zero attached hydrogens (tertiary/aromatic N) is 3. The number of pyridine rings is 1. The van der Waals surface area contributed by atoms with E-state index in [1.165, 1.54) is 5.56 Å². The van der Waals surface area contributed by atoms with Crippen LogP contribution in [-0.2, 0) is 0 Å². The van der Waals surface area contributed by atoms with Crippen molar-refractivity contribution in [3.8, 4) is 11.3 Å². The zero-order chi connectivity index (χ0) is 14.2. The van der Waals surface area contributed by atoms with Gasteiger partial charge in [-0.2, -0.15) is 0 Å². The Morgan fingerprint density at radius 1 is 1.14 bits per heavy atom. The molecule has 0 saturated carbocycles. The van der Waals surface area contributed by atoms with E-state index in [2.05, 4.69) is 26.7 Å². The highest BCUT2D eigenvalue weighted by Crippen LogP contribution is 2.40. The Labute approximate surface area is 122 Å². The number of hydrogen-bond donors (Lipinski definition) is 0. The molecule has 1 atom stereocenters. The topological polar surface area (TPSA) is 47.8 Å². The molecule has 1 aromatic carbocycles. The van der Waals surface area contributed by atoms with Gasteiger partial charge in [0, 0.05) is 18.2 Å². The largest absolute Gasteiger partial charge is 0.322 e. The van der Waals surface area contributed by atoms with E-state index in [4.69, 9.17) is 0 Å². The van der Waals surface area contributed by atoms with Crippen LogP contribution in [0.1, 0.15) is 28.5 Å². The summed E-state index contributed by atoms with van der Waals surface area (Å²) in [5, 5.41) is 0. The van der Waals surface area contributed by atoms with Crippen LogP contribution in [0.5, 0.6) is 0 Å². The zero-order valence-corrected chi connectivity index (χ0v) is 11.3. The third kappa shape index (κ3) is 1.88. The lowest BCUT2D eigenvalue weighted by molar-refractivity contribution is 0.0965. The first kappa shape index (κ1) is 12.0. The number of carbonyl (C=O) groups excluding carboxylic acids is 1. The van der Waals surface area contributed by atoms with Gasteiger partial charge in [-0.1, -0.05) is 30.3 Å². The summed E-state index contributed by atoms with van der Waals surface area (Å²) in [5.74, 6) is 0.0527. The number of aromatic nitrogens is 3. The van der Waals surface area contributed by atoms with Gasteiger partial charge in [0.25, 0.3) is 0 Å². The second-order valence-corrected chi connectivity index (χ2v) is 5.13. The summed E-state index contributed by atoms with van der Waals surface area (Å²) in [7, 11) is 0. The maximum Gasteiger partial charge on any atom is 0.183 e. The van der Waals surface area contributed by atoms with Gasteiger partial charge in [-0.15, -0.1) is 0 Å². The van der Waals surface area contributed by atoms with Gasteiger partial charge in [0.15, 0.2) is 5.78 Å². The van der Waals surface area contributed by atoms with E-state index in [-0.39, 0.29) is 11.8 Å². The number of imidazole rings is 1. The summed E-state index contributed by atoms with van der Waals surface area (Å²) in [6.07, 6.45) is 5.70. The molecule has 102 valence electrons. The molecule has 4 nitrogen and oxygen atoms in total. The molecular formula is C17H13N3O. The summed E-state index contributed by atoms with van der Waals surface area (Å²) in [6, 6.07) is 13.6. The third-order valence-electron chi connectivity index (χ3n) is 3.93. The van der Waals surface area contributed by atoms with Crippen molar-refractivity contribution in [2.75, 3.05) is 0 Å². The summed E-state index contributed by atoms with van der Waals surface area (Å²) >= 11 is 0. The van der Waals surface area contributed by atoms with Gasteiger partial charge in [-0.3, -0.25) is 9.78 Å². The van der Waals surface area contributed by atoms with Crippen LogP contribution in [0.4, 0.5) is 0 Å². The molecule has 0 spiro atoms. The molecule has 0 bridgehead atoms. The quantitative estimate of drug-likeness (QED) is 0.690. The Morgan fingerprint density at radius 3 is 2.86 bits per heavy atom. The maximum atomic E-state index is 12.4. The van der Waals surface area contributed by atoms with E-state index in [1.54, 1.807) is 18.6 Å². The van der Waals surface area contributed by atoms with Gasteiger partial charge >= 0.3 is 0 Å². The van der Waals surface area contributed by atoms with Gasteiger partial charge in [0.1, 0.15) is 5.69 Å². The molecular weight excluding hydrogens is 262 g/mol. The van der Waals surface area contributed by atoms with Crippen molar-refractivity contribution in [3.63, 3.8) is 0 Å². The molecule has 1 aliphatic rings. The molecule has 3 aromatic rings. The summed E-state index contributed by atoms with van der Waals surface area (Å²) in [6.45, 7) is 0. The molecule has 3 heterocycles. The molecule has 0 radical (unpaired) electrons. The van der Waals surface area contributed by atoms with Crippen LogP contribution in [0, 0.1) is 0 Å². The SMILES string of the molecule is O=C(CC1c2ccccc2-c2cncn21)c1ccccn1. The van der Waals surface area contributed by atoms with Crippen molar-refractivity contribution in [2.45, 2.75) is 12.5 Å². The molecule has 0 aliphatic carbocycles. The fraction of sp³-hybridized carbons (Fsp3) is 0.118. The van der Waals surface area contributed by atoms with Crippen LogP contribution in [-0.4, -0.2) is 20.3 Å². The Hall–Kier alpha value is -2.75. The smallest absolute Gasteiger partial charge is 0.183 e. The Kier molecular flexibility index (Phi) is 2.67. The van der Waals surface area contributed by atoms with E-state index in [0.717, 1.165) is 11.3 Å². The molecule has 2 aromatic heterocycles. The molecule has 0 amide bonds. The van der Waals surface area contributed by atoms with Gasteiger partial charge in [0.2, 0.25) is 0 Å². The molecule has 21 heavy (non-hydrogen) atoms. The highest BCUT2D eigenvalue weighted by molar-refractivity contribution is 5.95. The predicted molar refractivity (Wildman–Crippen MR) is 79.0 cm³/mol. The van der Waals surface area contributed by atoms with E-state index in [0.29, 0.717) is 12.1 Å². The number of Topliss-reactive ketones (excluding diaryl/α,β-unsaturated/α-hetero) is 1. The summed E-state index contributed by atoms with van der Waals surface area (Å²) in [5.41, 5.74) is 3.93. The number of hydrogen-bond acceptors (Lipinski definition) is 3. The average molecular weight is 275 g/mol. The fourth-order valence-corrected chi connectivity index (χ4v) is 2.95. The minimum atomic E-state index is 0.00760. The minimum Gasteiger partial charge on any atom is -0.322 e. The van der Waals surface area contributed by atoms with Gasteiger partial charge in [0.05, 0.1) is 24.3 Å². The number of ketones is 1. The number of carbonyl (C=O) groups is 1. The van der Waals surface area contributed by atoms with Crippen LogP contribution >= 0.6 is 0 Å². The predicted octanol–water partition coefficient (Wildman–Crippen LogP) is 3.12. The van der Waals surface area contributed by atoms with Crippen molar-refractivity contribution >= 4 is 5.78 Å². The molecule has 0 N–H and O–H groups in total. The van der Waals surface area contributed by atoms with Gasteiger partial charge in [-0.25, -0.2) is 4.98 Å². The standard InChI is InChI=1S/C17H13N3O/c21-17(14-7-3-4-8-19-14)9-15-12-5-1-2-6-13(12)16-10-18-11-20(15)16/h1-8,10-11,15H,9H2. The second-order valence-electron chi connectivity index (χ2n) is 5.13. The lowest BCUT2D eigenvalue weighted by Gasteiger charge is -2.13. The zero-order valence-electron chi connectivity index (χ0n) is 11.3. The average Bonchev–Trinajstić information content (AvgIpc) is 3.11. The van der Waals surface area contributed by atoms with Crippen LogP contribution < -0.4 is 0 Å². The highest BCUT2D eigenvalue weighted by atomic mass is 16.1. The van der Waals surface area contributed by atoms with Crippen molar-refractivity contribution in [2.24, 2.45) is 0 Å². The van der Waals surface area contributed by atoms with Gasteiger partial charge in [-0.05, 0) is 17.7 Å². The highest BCUT2D eigenvalue weighted by Gasteiger charge is 2.30. The van der Waals surface area contributed by atoms with Crippen molar-refractivity contribution < 1.29 is 4.79 Å². The van der Waals surface area contributed by atoms with Crippen molar-refractivity contribution in [1.82, 2.24) is 14.5 Å². The molecule has 1 unspecified atom stereocenters. The summed E-state index contributed by atoms with van der Waals surface area (Å²) < 4.78 is 2.07. The van der Waals surface area contributed by atoms with Crippen LogP contribution in [0.3, 0.4) is 0 Å². The van der Waals surface area contributed by atoms with E-state index in [9.17, 15) is 4.79 Å². The van der Waals surface area contributed by atoms with Crippen LogP contribution in [0.15, 0.2) is 61.2 Å². The Morgan fingerprint density at radius 2 is 2.00 bits per heavy atom. The van der Waals surface area contributed by atoms with Crippen LogP contribution in [0.25, 0.3) is 11.3 Å². The number of benzene rings is 1. The van der Waals surface area contributed by atoms with Crippen molar-refractivity contribution in [1.29, 1.82) is 0 Å². The molecule has 0 fully saturated rings. The summed E-state index contributed by atoms with van der Waals surface area (Å²) in [4.78, 5) is 20.8. The van der Waals surface area contributed by atoms with Crippen molar-refractivity contribution in [3.05, 3.63) is 72.4 Å². The second kappa shape index (κ2) is 4.66. The molecule has 1 aliphatic heterocycles. The number of rotatable bonds is 3. The molecule has 4 rings (SSSR count). The van der Waals surface area contributed by atoms with E-state index < -0.39 is 0 Å². The maximum absolute atomic E-state index is 12.4. The van der Waals surface area contributed by atoms with Gasteiger partial charge < -0.3 is 4.57 Å². The lowest BCUT2D eigenvalue weighted by Crippen LogP contribution is -2.12. The third-order valence-corrected chi connectivity index (χ3v) is 3.93.